The highest BCUT2D eigenvalue weighted by Crippen LogP contribution is 2.31. The lowest BCUT2D eigenvalue weighted by molar-refractivity contribution is 0.0702. The Kier molecular flexibility index (Phi) is 4.52. The van der Waals surface area contributed by atoms with Crippen molar-refractivity contribution < 1.29 is 18.3 Å². The van der Waals surface area contributed by atoms with Crippen molar-refractivity contribution in [3.8, 4) is 0 Å². The minimum atomic E-state index is -3.70. The molecule has 0 bridgehead atoms. The van der Waals surface area contributed by atoms with Gasteiger partial charge in [0.05, 0.1) is 10.9 Å². The SMILES string of the molecule is Cc1ccc(C(C)N(C)S(=O)(=O)c2csc(C(=O)O)c2)s1. The van der Waals surface area contributed by atoms with Crippen LogP contribution in [0.4, 0.5) is 0 Å². The van der Waals surface area contributed by atoms with Crippen molar-refractivity contribution in [2.24, 2.45) is 0 Å². The number of hydrogen-bond acceptors (Lipinski definition) is 5. The summed E-state index contributed by atoms with van der Waals surface area (Å²) in [7, 11) is -2.20. The van der Waals surface area contributed by atoms with Crippen molar-refractivity contribution in [1.82, 2.24) is 4.31 Å². The molecule has 21 heavy (non-hydrogen) atoms. The predicted molar refractivity (Wildman–Crippen MR) is 83.7 cm³/mol. The third kappa shape index (κ3) is 3.18. The second kappa shape index (κ2) is 5.88. The molecule has 5 nitrogen and oxygen atoms in total. The number of hydrogen-bond donors (Lipinski definition) is 1. The van der Waals surface area contributed by atoms with Crippen LogP contribution in [0.1, 0.15) is 32.4 Å². The average Bonchev–Trinajstić information content (AvgIpc) is 3.05. The molecular formula is C13H15NO4S3. The lowest BCUT2D eigenvalue weighted by Gasteiger charge is -2.22. The zero-order valence-electron chi connectivity index (χ0n) is 11.7. The number of sulfonamides is 1. The molecule has 0 aliphatic rings. The fraction of sp³-hybridized carbons (Fsp3) is 0.308. The molecule has 2 rings (SSSR count). The molecule has 1 atom stereocenters. The van der Waals surface area contributed by atoms with Gasteiger partial charge in [-0.25, -0.2) is 13.2 Å². The number of carbonyl (C=O) groups is 1. The van der Waals surface area contributed by atoms with Crippen LogP contribution in [0.15, 0.2) is 28.5 Å². The highest BCUT2D eigenvalue weighted by molar-refractivity contribution is 7.89. The molecule has 2 heterocycles. The van der Waals surface area contributed by atoms with E-state index in [0.29, 0.717) is 0 Å². The third-order valence-electron chi connectivity index (χ3n) is 3.18. The van der Waals surface area contributed by atoms with Crippen LogP contribution < -0.4 is 0 Å². The summed E-state index contributed by atoms with van der Waals surface area (Å²) in [6, 6.07) is 4.75. The quantitative estimate of drug-likeness (QED) is 0.903. The molecule has 0 fully saturated rings. The van der Waals surface area contributed by atoms with Crippen molar-refractivity contribution in [3.63, 3.8) is 0 Å². The highest BCUT2D eigenvalue weighted by atomic mass is 32.2. The molecule has 0 radical (unpaired) electrons. The van der Waals surface area contributed by atoms with Crippen molar-refractivity contribution in [2.45, 2.75) is 24.8 Å². The van der Waals surface area contributed by atoms with E-state index in [9.17, 15) is 13.2 Å². The van der Waals surface area contributed by atoms with E-state index in [4.69, 9.17) is 5.11 Å². The van der Waals surface area contributed by atoms with Gasteiger partial charge in [0.2, 0.25) is 10.0 Å². The molecule has 1 unspecified atom stereocenters. The van der Waals surface area contributed by atoms with Gasteiger partial charge >= 0.3 is 5.97 Å². The van der Waals surface area contributed by atoms with Crippen LogP contribution in [0.2, 0.25) is 0 Å². The number of carboxylic acids is 1. The summed E-state index contributed by atoms with van der Waals surface area (Å²) < 4.78 is 26.3. The van der Waals surface area contributed by atoms with Crippen molar-refractivity contribution in [2.75, 3.05) is 7.05 Å². The zero-order chi connectivity index (χ0) is 15.8. The van der Waals surface area contributed by atoms with Crippen LogP contribution in [-0.4, -0.2) is 30.8 Å². The molecule has 2 aromatic heterocycles. The largest absolute Gasteiger partial charge is 0.477 e. The average molecular weight is 345 g/mol. The van der Waals surface area contributed by atoms with Gasteiger partial charge in [-0.3, -0.25) is 0 Å². The van der Waals surface area contributed by atoms with Gasteiger partial charge in [0.15, 0.2) is 0 Å². The lowest BCUT2D eigenvalue weighted by atomic mass is 10.3. The van der Waals surface area contributed by atoms with Gasteiger partial charge in [-0.1, -0.05) is 0 Å². The number of aromatic carboxylic acids is 1. The van der Waals surface area contributed by atoms with Gasteiger partial charge in [0, 0.05) is 22.2 Å². The van der Waals surface area contributed by atoms with Crippen LogP contribution in [-0.2, 0) is 10.0 Å². The molecule has 0 saturated heterocycles. The summed E-state index contributed by atoms with van der Waals surface area (Å²) in [5, 5.41) is 10.3. The number of rotatable bonds is 5. The minimum Gasteiger partial charge on any atom is -0.477 e. The van der Waals surface area contributed by atoms with E-state index in [0.717, 1.165) is 21.1 Å². The molecule has 0 spiro atoms. The topological polar surface area (TPSA) is 74.7 Å². The van der Waals surface area contributed by atoms with Gasteiger partial charge in [-0.15, -0.1) is 22.7 Å². The van der Waals surface area contributed by atoms with E-state index in [1.807, 2.05) is 26.0 Å². The van der Waals surface area contributed by atoms with Gasteiger partial charge in [-0.2, -0.15) is 4.31 Å². The maximum Gasteiger partial charge on any atom is 0.345 e. The Labute approximate surface area is 131 Å². The zero-order valence-corrected chi connectivity index (χ0v) is 14.2. The van der Waals surface area contributed by atoms with Gasteiger partial charge in [0.1, 0.15) is 4.88 Å². The van der Waals surface area contributed by atoms with E-state index in [-0.39, 0.29) is 15.8 Å². The first-order chi connectivity index (χ1) is 9.73. The number of nitrogens with zero attached hydrogens (tertiary/aromatic N) is 1. The van der Waals surface area contributed by atoms with Crippen LogP contribution in [0.5, 0.6) is 0 Å². The smallest absolute Gasteiger partial charge is 0.345 e. The minimum absolute atomic E-state index is 0.0154. The van der Waals surface area contributed by atoms with Crippen LogP contribution in [0, 0.1) is 6.92 Å². The molecule has 0 aromatic carbocycles. The summed E-state index contributed by atoms with van der Waals surface area (Å²) in [5.41, 5.74) is 0. The summed E-state index contributed by atoms with van der Waals surface area (Å²) in [5.74, 6) is -1.12. The van der Waals surface area contributed by atoms with Crippen molar-refractivity contribution in [1.29, 1.82) is 0 Å². The molecular weight excluding hydrogens is 330 g/mol. The second-order valence-corrected chi connectivity index (χ2v) is 8.83. The standard InChI is InChI=1S/C13H15NO4S3/c1-8-4-5-11(20-8)9(2)14(3)21(17,18)10-6-12(13(15)16)19-7-10/h4-7,9H,1-3H3,(H,15,16). The van der Waals surface area contributed by atoms with E-state index >= 15 is 0 Å². The van der Waals surface area contributed by atoms with E-state index < -0.39 is 16.0 Å². The van der Waals surface area contributed by atoms with Crippen molar-refractivity contribution >= 4 is 38.7 Å². The number of carboxylic acid groups (broad SMARTS) is 1. The first kappa shape index (κ1) is 16.2. The summed E-state index contributed by atoms with van der Waals surface area (Å²) in [4.78, 5) is 13.0. The number of thiophene rings is 2. The summed E-state index contributed by atoms with van der Waals surface area (Å²) in [6.07, 6.45) is 0. The maximum atomic E-state index is 12.5. The fourth-order valence-corrected chi connectivity index (χ4v) is 5.28. The lowest BCUT2D eigenvalue weighted by Crippen LogP contribution is -2.29. The molecule has 0 aliphatic carbocycles. The fourth-order valence-electron chi connectivity index (χ4n) is 1.80. The Morgan fingerprint density at radius 3 is 2.52 bits per heavy atom. The normalized spacial score (nSPS) is 13.5. The first-order valence-electron chi connectivity index (χ1n) is 6.09. The monoisotopic (exact) mass is 345 g/mol. The third-order valence-corrected chi connectivity index (χ3v) is 7.33. The van der Waals surface area contributed by atoms with Crippen molar-refractivity contribution in [3.05, 3.63) is 38.2 Å². The van der Waals surface area contributed by atoms with Crippen LogP contribution in [0.25, 0.3) is 0 Å². The maximum absolute atomic E-state index is 12.5. The Morgan fingerprint density at radius 2 is 2.05 bits per heavy atom. The number of aryl methyl sites for hydroxylation is 1. The Balaban J connectivity index is 2.31. The highest BCUT2D eigenvalue weighted by Gasteiger charge is 2.28. The van der Waals surface area contributed by atoms with E-state index in [1.54, 1.807) is 11.3 Å². The second-order valence-electron chi connectivity index (χ2n) is 4.60. The van der Waals surface area contributed by atoms with Gasteiger partial charge in [-0.05, 0) is 32.0 Å². The Hall–Kier alpha value is -1.22. The van der Waals surface area contributed by atoms with Crippen LogP contribution >= 0.6 is 22.7 Å². The summed E-state index contributed by atoms with van der Waals surface area (Å²) >= 11 is 2.46. The van der Waals surface area contributed by atoms with Gasteiger partial charge in [0.25, 0.3) is 0 Å². The molecule has 114 valence electrons. The predicted octanol–water partition coefficient (Wildman–Crippen LogP) is 3.20. The Morgan fingerprint density at radius 1 is 1.38 bits per heavy atom. The van der Waals surface area contributed by atoms with E-state index in [1.165, 1.54) is 22.8 Å². The molecule has 0 saturated carbocycles. The van der Waals surface area contributed by atoms with E-state index in [2.05, 4.69) is 0 Å². The van der Waals surface area contributed by atoms with Crippen LogP contribution in [0.3, 0.4) is 0 Å². The molecule has 1 N–H and O–H groups in total. The first-order valence-corrected chi connectivity index (χ1v) is 9.23. The molecule has 2 aromatic rings. The molecule has 0 amide bonds. The molecule has 8 heteroatoms. The Bertz CT molecular complexity index is 760. The summed E-state index contributed by atoms with van der Waals surface area (Å²) in [6.45, 7) is 3.78. The van der Waals surface area contributed by atoms with Gasteiger partial charge < -0.3 is 5.11 Å². The molecule has 0 aliphatic heterocycles.